The maximum atomic E-state index is 12.0. The van der Waals surface area contributed by atoms with E-state index >= 15 is 0 Å². The van der Waals surface area contributed by atoms with Crippen LogP contribution in [0.3, 0.4) is 0 Å². The molecule has 94 valence electrons. The van der Waals surface area contributed by atoms with Crippen LogP contribution >= 0.6 is 0 Å². The molecule has 0 aliphatic heterocycles. The van der Waals surface area contributed by atoms with E-state index < -0.39 is 12.1 Å². The number of hydrogen-bond acceptors (Lipinski definition) is 3. The summed E-state index contributed by atoms with van der Waals surface area (Å²) in [6, 6.07) is 3.39. The smallest absolute Gasteiger partial charge is 0.406 e. The monoisotopic (exact) mass is 256 g/mol. The number of nitrogens with zero attached hydrogens (tertiary/aromatic N) is 3. The van der Waals surface area contributed by atoms with Crippen LogP contribution in [0, 0.1) is 11.8 Å². The standard InChI is InChI=1S/C10H7F3N4O/c11-10(12,13)18-8-3-4-9(14)7(6-8)2-1-5-16-17-15/h3-4,6H,5,14H2. The fraction of sp³-hybridized carbons (Fsp3) is 0.200. The summed E-state index contributed by atoms with van der Waals surface area (Å²) in [6.07, 6.45) is -4.77. The highest BCUT2D eigenvalue weighted by molar-refractivity contribution is 5.58. The van der Waals surface area contributed by atoms with Crippen LogP contribution in [0.15, 0.2) is 23.3 Å². The molecule has 0 bridgehead atoms. The Kier molecular flexibility index (Phi) is 4.29. The molecule has 0 atom stereocenters. The molecule has 18 heavy (non-hydrogen) atoms. The van der Waals surface area contributed by atoms with Crippen LogP contribution in [0.1, 0.15) is 5.56 Å². The summed E-state index contributed by atoms with van der Waals surface area (Å²) < 4.78 is 39.7. The zero-order valence-electron chi connectivity index (χ0n) is 8.90. The number of ether oxygens (including phenoxy) is 1. The lowest BCUT2D eigenvalue weighted by atomic mass is 10.2. The predicted molar refractivity (Wildman–Crippen MR) is 58.4 cm³/mol. The van der Waals surface area contributed by atoms with Crippen molar-refractivity contribution >= 4 is 5.69 Å². The lowest BCUT2D eigenvalue weighted by molar-refractivity contribution is -0.274. The van der Waals surface area contributed by atoms with Gasteiger partial charge in [-0.2, -0.15) is 0 Å². The van der Waals surface area contributed by atoms with E-state index in [0.29, 0.717) is 0 Å². The molecule has 0 unspecified atom stereocenters. The zero-order chi connectivity index (χ0) is 13.6. The molecule has 0 heterocycles. The SMILES string of the molecule is [N-]=[N+]=NCC#Cc1cc(OC(F)(F)F)ccc1N. The highest BCUT2D eigenvalue weighted by Gasteiger charge is 2.31. The summed E-state index contributed by atoms with van der Waals surface area (Å²) in [7, 11) is 0. The van der Waals surface area contributed by atoms with Crippen molar-refractivity contribution in [3.05, 3.63) is 34.2 Å². The first-order valence-corrected chi connectivity index (χ1v) is 4.57. The minimum atomic E-state index is -4.77. The van der Waals surface area contributed by atoms with Gasteiger partial charge in [0.1, 0.15) is 5.75 Å². The highest BCUT2D eigenvalue weighted by atomic mass is 19.4. The van der Waals surface area contributed by atoms with E-state index in [2.05, 4.69) is 26.6 Å². The van der Waals surface area contributed by atoms with E-state index in [1.54, 1.807) is 0 Å². The van der Waals surface area contributed by atoms with Crippen LogP contribution < -0.4 is 10.5 Å². The van der Waals surface area contributed by atoms with Crippen molar-refractivity contribution in [2.24, 2.45) is 5.11 Å². The Balaban J connectivity index is 2.93. The van der Waals surface area contributed by atoms with Crippen molar-refractivity contribution in [2.75, 3.05) is 12.3 Å². The number of benzene rings is 1. The minimum absolute atomic E-state index is 0.0969. The number of azide groups is 1. The normalized spacial score (nSPS) is 9.94. The molecule has 0 saturated heterocycles. The molecule has 0 aliphatic rings. The quantitative estimate of drug-likeness (QED) is 0.290. The van der Waals surface area contributed by atoms with Crippen LogP contribution in [0.2, 0.25) is 0 Å². The second-order valence-corrected chi connectivity index (χ2v) is 2.99. The second-order valence-electron chi connectivity index (χ2n) is 2.99. The Morgan fingerprint density at radius 3 is 2.78 bits per heavy atom. The van der Waals surface area contributed by atoms with Gasteiger partial charge in [-0.3, -0.25) is 0 Å². The zero-order valence-corrected chi connectivity index (χ0v) is 8.90. The number of halogens is 3. The summed E-state index contributed by atoms with van der Waals surface area (Å²) in [4.78, 5) is 2.47. The Hall–Kier alpha value is -2.52. The van der Waals surface area contributed by atoms with Gasteiger partial charge in [0.25, 0.3) is 0 Å². The van der Waals surface area contributed by atoms with E-state index in [1.165, 1.54) is 6.07 Å². The third-order valence-corrected chi connectivity index (χ3v) is 1.69. The molecule has 0 fully saturated rings. The van der Waals surface area contributed by atoms with Gasteiger partial charge in [-0.05, 0) is 23.7 Å². The van der Waals surface area contributed by atoms with Crippen molar-refractivity contribution in [2.45, 2.75) is 6.36 Å². The van der Waals surface area contributed by atoms with Gasteiger partial charge in [0.05, 0.1) is 12.1 Å². The fourth-order valence-corrected chi connectivity index (χ4v) is 1.04. The molecule has 1 rings (SSSR count). The van der Waals surface area contributed by atoms with Gasteiger partial charge < -0.3 is 10.5 Å². The molecule has 0 aromatic heterocycles. The van der Waals surface area contributed by atoms with E-state index in [9.17, 15) is 13.2 Å². The van der Waals surface area contributed by atoms with Gasteiger partial charge >= 0.3 is 6.36 Å². The Labute approximate surface area is 100.0 Å². The van der Waals surface area contributed by atoms with Gasteiger partial charge in [-0.25, -0.2) is 0 Å². The maximum Gasteiger partial charge on any atom is 0.573 e. The Morgan fingerprint density at radius 2 is 2.17 bits per heavy atom. The Morgan fingerprint density at radius 1 is 1.44 bits per heavy atom. The van der Waals surface area contributed by atoms with Crippen molar-refractivity contribution in [1.82, 2.24) is 0 Å². The summed E-state index contributed by atoms with van der Waals surface area (Å²) >= 11 is 0. The summed E-state index contributed by atoms with van der Waals surface area (Å²) in [5.74, 6) is 4.52. The van der Waals surface area contributed by atoms with Crippen LogP contribution in [0.5, 0.6) is 5.75 Å². The number of hydrogen-bond donors (Lipinski definition) is 1. The summed E-state index contributed by atoms with van der Waals surface area (Å²) in [5, 5.41) is 3.15. The molecule has 0 saturated carbocycles. The predicted octanol–water partition coefficient (Wildman–Crippen LogP) is 2.83. The molecule has 2 N–H and O–H groups in total. The number of anilines is 1. The Bertz CT molecular complexity index is 538. The van der Waals surface area contributed by atoms with E-state index in [0.717, 1.165) is 12.1 Å². The topological polar surface area (TPSA) is 84.0 Å². The molecular formula is C10H7F3N4O. The average molecular weight is 256 g/mol. The number of nitrogen functional groups attached to an aromatic ring is 1. The van der Waals surface area contributed by atoms with Crippen LogP contribution in [-0.2, 0) is 0 Å². The third-order valence-electron chi connectivity index (χ3n) is 1.69. The molecule has 0 amide bonds. The fourth-order valence-electron chi connectivity index (χ4n) is 1.04. The van der Waals surface area contributed by atoms with Crippen molar-refractivity contribution < 1.29 is 17.9 Å². The first-order chi connectivity index (χ1) is 8.42. The summed E-state index contributed by atoms with van der Waals surface area (Å²) in [5.41, 5.74) is 13.9. The first kappa shape index (κ1) is 13.5. The number of alkyl halides is 3. The minimum Gasteiger partial charge on any atom is -0.406 e. The second kappa shape index (κ2) is 5.70. The molecule has 1 aromatic rings. The largest absolute Gasteiger partial charge is 0.573 e. The van der Waals surface area contributed by atoms with Crippen molar-refractivity contribution in [1.29, 1.82) is 0 Å². The van der Waals surface area contributed by atoms with Crippen LogP contribution in [0.4, 0.5) is 18.9 Å². The van der Waals surface area contributed by atoms with Gasteiger partial charge in [-0.15, -0.1) is 13.2 Å². The molecule has 5 nitrogen and oxygen atoms in total. The molecule has 0 spiro atoms. The van der Waals surface area contributed by atoms with Crippen molar-refractivity contribution in [3.63, 3.8) is 0 Å². The lowest BCUT2D eigenvalue weighted by Gasteiger charge is -2.09. The van der Waals surface area contributed by atoms with E-state index in [1.807, 2.05) is 0 Å². The van der Waals surface area contributed by atoms with Gasteiger partial charge in [0.15, 0.2) is 0 Å². The molecule has 0 radical (unpaired) electrons. The van der Waals surface area contributed by atoms with Crippen molar-refractivity contribution in [3.8, 4) is 17.6 Å². The van der Waals surface area contributed by atoms with Gasteiger partial charge in [0.2, 0.25) is 0 Å². The molecule has 0 aliphatic carbocycles. The van der Waals surface area contributed by atoms with Crippen LogP contribution in [0.25, 0.3) is 10.4 Å². The van der Waals surface area contributed by atoms with E-state index in [4.69, 9.17) is 11.3 Å². The maximum absolute atomic E-state index is 12.0. The molecule has 8 heteroatoms. The summed E-state index contributed by atoms with van der Waals surface area (Å²) in [6.45, 7) is -0.0969. The van der Waals surface area contributed by atoms with Gasteiger partial charge in [0, 0.05) is 10.6 Å². The lowest BCUT2D eigenvalue weighted by Crippen LogP contribution is -2.17. The van der Waals surface area contributed by atoms with Gasteiger partial charge in [-0.1, -0.05) is 17.0 Å². The number of rotatable bonds is 2. The average Bonchev–Trinajstić information content (AvgIpc) is 2.26. The number of nitrogens with two attached hydrogens (primary N) is 1. The third kappa shape index (κ3) is 4.55. The van der Waals surface area contributed by atoms with E-state index in [-0.39, 0.29) is 17.8 Å². The highest BCUT2D eigenvalue weighted by Crippen LogP contribution is 2.25. The van der Waals surface area contributed by atoms with Crippen LogP contribution in [-0.4, -0.2) is 12.9 Å². The molecular weight excluding hydrogens is 249 g/mol. The molecule has 1 aromatic carbocycles. The first-order valence-electron chi connectivity index (χ1n) is 4.57.